The Kier molecular flexibility index (Phi) is 7.29. The molecule has 1 aromatic carbocycles. The summed E-state index contributed by atoms with van der Waals surface area (Å²) in [6.45, 7) is 3.82. The van der Waals surface area contributed by atoms with Gasteiger partial charge < -0.3 is 19.9 Å². The van der Waals surface area contributed by atoms with Gasteiger partial charge in [-0.25, -0.2) is 23.7 Å². The fourth-order valence-electron chi connectivity index (χ4n) is 6.24. The summed E-state index contributed by atoms with van der Waals surface area (Å²) in [4.78, 5) is 18.5. The van der Waals surface area contributed by atoms with Gasteiger partial charge >= 0.3 is 0 Å². The normalized spacial score (nSPS) is 26.0. The van der Waals surface area contributed by atoms with Crippen molar-refractivity contribution in [3.05, 3.63) is 42.0 Å². The fourth-order valence-corrected chi connectivity index (χ4v) is 6.24. The molecule has 38 heavy (non-hydrogen) atoms. The van der Waals surface area contributed by atoms with E-state index in [1.807, 2.05) is 24.3 Å². The predicted molar refractivity (Wildman–Crippen MR) is 143 cm³/mol. The molecule has 1 aliphatic carbocycles. The van der Waals surface area contributed by atoms with Gasteiger partial charge in [0.05, 0.1) is 30.3 Å². The Morgan fingerprint density at radius 3 is 2.45 bits per heavy atom. The summed E-state index contributed by atoms with van der Waals surface area (Å²) in [5.74, 6) is 3.09. The van der Waals surface area contributed by atoms with Crippen molar-refractivity contribution in [2.75, 3.05) is 51.8 Å². The Labute approximate surface area is 222 Å². The summed E-state index contributed by atoms with van der Waals surface area (Å²) in [6, 6.07) is 9.41. The van der Waals surface area contributed by atoms with Gasteiger partial charge in [0.25, 0.3) is 6.43 Å². The van der Waals surface area contributed by atoms with Crippen LogP contribution in [0.3, 0.4) is 0 Å². The lowest BCUT2D eigenvalue weighted by molar-refractivity contribution is 0.122. The highest BCUT2D eigenvalue weighted by molar-refractivity contribution is 5.78. The average Bonchev–Trinajstić information content (AvgIpc) is 3.58. The highest BCUT2D eigenvalue weighted by Gasteiger charge is 2.42. The van der Waals surface area contributed by atoms with Gasteiger partial charge in [-0.15, -0.1) is 0 Å². The summed E-state index contributed by atoms with van der Waals surface area (Å²) in [5, 5.41) is 3.60. The lowest BCUT2D eigenvalue weighted by Crippen LogP contribution is -2.37. The third-order valence-electron chi connectivity index (χ3n) is 8.20. The summed E-state index contributed by atoms with van der Waals surface area (Å²) < 4.78 is 35.3. The zero-order chi connectivity index (χ0) is 26.2. The molecule has 2 atom stereocenters. The van der Waals surface area contributed by atoms with Crippen molar-refractivity contribution in [1.82, 2.24) is 29.7 Å². The van der Waals surface area contributed by atoms with Crippen molar-refractivity contribution in [1.29, 1.82) is 0 Å². The van der Waals surface area contributed by atoms with Crippen LogP contribution < -0.4 is 10.2 Å². The molecule has 3 fully saturated rings. The van der Waals surface area contributed by atoms with E-state index in [1.54, 1.807) is 6.07 Å². The summed E-state index contributed by atoms with van der Waals surface area (Å²) in [7, 11) is 4.31. The SMILES string of the molecule is CN(C)CC1CCC(CC2NC2c2nc(N3CCOCC3)cc(-n3c(C(F)F)nc4ccccc43)n2)CC1. The van der Waals surface area contributed by atoms with Crippen LogP contribution in [0.4, 0.5) is 14.6 Å². The van der Waals surface area contributed by atoms with Crippen molar-refractivity contribution in [3.8, 4) is 5.82 Å². The minimum Gasteiger partial charge on any atom is -0.378 e. The maximum atomic E-state index is 14.1. The van der Waals surface area contributed by atoms with Crippen molar-refractivity contribution < 1.29 is 13.5 Å². The molecule has 0 radical (unpaired) electrons. The van der Waals surface area contributed by atoms with E-state index in [2.05, 4.69) is 34.2 Å². The first-order valence-corrected chi connectivity index (χ1v) is 13.8. The van der Waals surface area contributed by atoms with Crippen LogP contribution in [-0.4, -0.2) is 77.4 Å². The summed E-state index contributed by atoms with van der Waals surface area (Å²) in [6.07, 6.45) is 3.50. The first kappa shape index (κ1) is 25.6. The Balaban J connectivity index is 1.27. The topological polar surface area (TPSA) is 81.3 Å². The van der Waals surface area contributed by atoms with Gasteiger partial charge in [0.15, 0.2) is 11.6 Å². The Bertz CT molecular complexity index is 1250. The molecule has 2 aromatic heterocycles. The Morgan fingerprint density at radius 1 is 1.00 bits per heavy atom. The van der Waals surface area contributed by atoms with Crippen molar-refractivity contribution >= 4 is 16.9 Å². The number of imidazole rings is 1. The average molecular weight is 526 g/mol. The summed E-state index contributed by atoms with van der Waals surface area (Å²) in [5.41, 5.74) is 1.15. The van der Waals surface area contributed by atoms with Gasteiger partial charge in [-0.05, 0) is 57.3 Å². The number of morpholine rings is 1. The van der Waals surface area contributed by atoms with Crippen LogP contribution in [0.5, 0.6) is 0 Å². The van der Waals surface area contributed by atoms with Gasteiger partial charge in [-0.3, -0.25) is 4.57 Å². The van der Waals surface area contributed by atoms with Crippen LogP contribution in [0.1, 0.15) is 56.2 Å². The molecular weight excluding hydrogens is 488 g/mol. The maximum absolute atomic E-state index is 14.1. The molecule has 1 saturated carbocycles. The number of alkyl halides is 2. The first-order valence-electron chi connectivity index (χ1n) is 13.8. The van der Waals surface area contributed by atoms with E-state index in [0.717, 1.165) is 18.2 Å². The number of nitrogens with zero attached hydrogens (tertiary/aromatic N) is 6. The lowest BCUT2D eigenvalue weighted by Gasteiger charge is -2.30. The number of aromatic nitrogens is 4. The minimum absolute atomic E-state index is 0.0408. The second kappa shape index (κ2) is 10.8. The van der Waals surface area contributed by atoms with Crippen molar-refractivity contribution in [2.24, 2.45) is 11.8 Å². The molecule has 3 aliphatic rings. The molecule has 2 unspecified atom stereocenters. The Morgan fingerprint density at radius 2 is 1.71 bits per heavy atom. The molecule has 4 heterocycles. The zero-order valence-electron chi connectivity index (χ0n) is 22.2. The molecule has 2 aliphatic heterocycles. The summed E-state index contributed by atoms with van der Waals surface area (Å²) >= 11 is 0. The van der Waals surface area contributed by atoms with E-state index in [1.165, 1.54) is 36.8 Å². The maximum Gasteiger partial charge on any atom is 0.296 e. The smallest absolute Gasteiger partial charge is 0.296 e. The number of ether oxygens (including phenoxy) is 1. The number of anilines is 1. The third-order valence-corrected chi connectivity index (χ3v) is 8.20. The number of benzene rings is 1. The van der Waals surface area contributed by atoms with E-state index in [4.69, 9.17) is 14.7 Å². The van der Waals surface area contributed by atoms with E-state index in [-0.39, 0.29) is 11.9 Å². The molecule has 0 amide bonds. The highest BCUT2D eigenvalue weighted by atomic mass is 19.3. The van der Waals surface area contributed by atoms with Crippen molar-refractivity contribution in [3.63, 3.8) is 0 Å². The number of hydrogen-bond donors (Lipinski definition) is 1. The van der Waals surface area contributed by atoms with Crippen LogP contribution in [0, 0.1) is 11.8 Å². The fraction of sp³-hybridized carbons (Fsp3) is 0.607. The van der Waals surface area contributed by atoms with Crippen molar-refractivity contribution in [2.45, 2.75) is 50.6 Å². The number of fused-ring (bicyclic) bond motifs is 1. The second-order valence-corrected chi connectivity index (χ2v) is 11.3. The third kappa shape index (κ3) is 5.39. The van der Waals surface area contributed by atoms with Crippen LogP contribution in [0.25, 0.3) is 16.9 Å². The van der Waals surface area contributed by atoms with Gasteiger partial charge in [-0.2, -0.15) is 0 Å². The zero-order valence-corrected chi connectivity index (χ0v) is 22.2. The van der Waals surface area contributed by atoms with E-state index in [9.17, 15) is 8.78 Å². The van der Waals surface area contributed by atoms with Crippen LogP contribution in [-0.2, 0) is 4.74 Å². The molecule has 10 heteroatoms. The van der Waals surface area contributed by atoms with E-state index < -0.39 is 6.43 Å². The van der Waals surface area contributed by atoms with Gasteiger partial charge in [-0.1, -0.05) is 25.0 Å². The quantitative estimate of drug-likeness (QED) is 0.438. The second-order valence-electron chi connectivity index (χ2n) is 11.3. The number of halogens is 2. The molecule has 6 rings (SSSR count). The molecule has 1 N–H and O–H groups in total. The largest absolute Gasteiger partial charge is 0.378 e. The monoisotopic (exact) mass is 525 g/mol. The molecule has 0 bridgehead atoms. The standard InChI is InChI=1S/C28H37F2N7O/c1-35(2)17-19-9-7-18(8-10-19)15-21-25(31-21)27-33-23(36-11-13-38-14-12-36)16-24(34-27)37-22-6-4-3-5-20(22)32-28(37)26(29)30/h3-6,16,18-19,21,25-26,31H,7-15,17H2,1-2H3. The van der Waals surface area contributed by atoms with E-state index in [0.29, 0.717) is 60.9 Å². The molecule has 204 valence electrons. The number of nitrogens with one attached hydrogen (secondary N) is 1. The number of rotatable bonds is 8. The van der Waals surface area contributed by atoms with Gasteiger partial charge in [0.1, 0.15) is 11.6 Å². The molecule has 3 aromatic rings. The highest BCUT2D eigenvalue weighted by Crippen LogP contribution is 2.39. The molecule has 0 spiro atoms. The number of para-hydroxylation sites is 2. The number of hydrogen-bond acceptors (Lipinski definition) is 7. The molecular formula is C28H37F2N7O. The lowest BCUT2D eigenvalue weighted by atomic mass is 9.79. The van der Waals surface area contributed by atoms with Crippen LogP contribution in [0.15, 0.2) is 30.3 Å². The first-order chi connectivity index (χ1) is 18.5. The van der Waals surface area contributed by atoms with Gasteiger partial charge in [0.2, 0.25) is 0 Å². The Hall–Kier alpha value is -2.69. The van der Waals surface area contributed by atoms with Gasteiger partial charge in [0, 0.05) is 31.7 Å². The van der Waals surface area contributed by atoms with Crippen LogP contribution >= 0.6 is 0 Å². The van der Waals surface area contributed by atoms with Crippen LogP contribution in [0.2, 0.25) is 0 Å². The predicted octanol–water partition coefficient (Wildman–Crippen LogP) is 4.36. The molecule has 2 saturated heterocycles. The minimum atomic E-state index is -2.72. The molecule has 8 nitrogen and oxygen atoms in total. The van der Waals surface area contributed by atoms with E-state index >= 15 is 0 Å².